The molecular formula is C41H59N3O4S4. The first-order valence-electron chi connectivity index (χ1n) is 20.0. The van der Waals surface area contributed by atoms with Crippen LogP contribution in [-0.2, 0) is 23.6 Å². The van der Waals surface area contributed by atoms with Crippen LogP contribution >= 0.6 is 43.2 Å². The summed E-state index contributed by atoms with van der Waals surface area (Å²) in [6.45, 7) is 3.54. The summed E-state index contributed by atoms with van der Waals surface area (Å²) in [5, 5.41) is 35.4. The third-order valence-electron chi connectivity index (χ3n) is 15.3. The van der Waals surface area contributed by atoms with Crippen molar-refractivity contribution in [3.05, 3.63) is 46.0 Å². The molecule has 8 rings (SSSR count). The topological polar surface area (TPSA) is 128 Å². The minimum absolute atomic E-state index is 0.00314. The molecule has 7 nitrogen and oxygen atoms in total. The van der Waals surface area contributed by atoms with Crippen LogP contribution in [0.4, 0.5) is 0 Å². The van der Waals surface area contributed by atoms with Crippen LogP contribution in [0.15, 0.2) is 34.3 Å². The zero-order chi connectivity index (χ0) is 36.1. The van der Waals surface area contributed by atoms with E-state index >= 15 is 0 Å². The second-order valence-corrected chi connectivity index (χ2v) is 22.8. The van der Waals surface area contributed by atoms with Crippen molar-refractivity contribution in [3.63, 3.8) is 0 Å². The number of ketones is 1. The molecule has 286 valence electrons. The molecule has 0 aromatic heterocycles. The first-order valence-corrected chi connectivity index (χ1v) is 24.9. The maximum Gasteiger partial charge on any atom is 0.189 e. The summed E-state index contributed by atoms with van der Waals surface area (Å²) in [5.74, 6) is 5.18. The average molecular weight is 786 g/mol. The predicted molar refractivity (Wildman–Crippen MR) is 219 cm³/mol. The van der Waals surface area contributed by atoms with Gasteiger partial charge in [0.05, 0.1) is 12.1 Å². The van der Waals surface area contributed by atoms with E-state index in [-0.39, 0.29) is 64.6 Å². The van der Waals surface area contributed by atoms with Crippen LogP contribution in [0.5, 0.6) is 0 Å². The Bertz CT molecular complexity index is 1580. The number of nitrogens with one attached hydrogen (secondary N) is 1. The zero-order valence-electron chi connectivity index (χ0n) is 30.9. The molecule has 1 aromatic rings. The van der Waals surface area contributed by atoms with E-state index in [1.165, 1.54) is 36.0 Å². The number of guanidine groups is 1. The van der Waals surface area contributed by atoms with Crippen LogP contribution < -0.4 is 11.1 Å². The lowest BCUT2D eigenvalue weighted by molar-refractivity contribution is -0.125. The number of nitrogens with zero attached hydrogens (tertiary/aromatic N) is 1. The van der Waals surface area contributed by atoms with Crippen LogP contribution in [0, 0.1) is 40.4 Å². The third kappa shape index (κ3) is 6.16. The van der Waals surface area contributed by atoms with Crippen LogP contribution in [0.3, 0.4) is 0 Å². The summed E-state index contributed by atoms with van der Waals surface area (Å²) in [6.07, 6.45) is 13.8. The largest absolute Gasteiger partial charge is 0.396 e. The lowest BCUT2D eigenvalue weighted by Crippen LogP contribution is -2.71. The van der Waals surface area contributed by atoms with Crippen molar-refractivity contribution in [2.75, 3.05) is 31.3 Å². The number of hydrogen-bond donors (Lipinski definition) is 5. The van der Waals surface area contributed by atoms with E-state index in [1.54, 1.807) is 0 Å². The van der Waals surface area contributed by atoms with Crippen LogP contribution in [0.2, 0.25) is 0 Å². The van der Waals surface area contributed by atoms with Gasteiger partial charge in [-0.1, -0.05) is 93.1 Å². The Labute approximate surface area is 326 Å². The number of nitrogens with two attached hydrogens (primary N) is 1. The van der Waals surface area contributed by atoms with Crippen molar-refractivity contribution in [2.45, 2.75) is 119 Å². The molecule has 0 radical (unpaired) electrons. The lowest BCUT2D eigenvalue weighted by Gasteiger charge is -2.58. The van der Waals surface area contributed by atoms with Crippen molar-refractivity contribution >= 4 is 54.9 Å². The second kappa shape index (κ2) is 15.3. The molecule has 3 aliphatic heterocycles. The Hall–Kier alpha value is -0.820. The molecule has 3 spiro atoms. The summed E-state index contributed by atoms with van der Waals surface area (Å²) in [5.41, 5.74) is 12.4. The number of allylic oxidation sites excluding steroid dienone is 2. The number of aliphatic hydroxyl groups excluding tert-OH is 3. The summed E-state index contributed by atoms with van der Waals surface area (Å²) < 4.78 is -0.0487. The molecule has 0 amide bonds. The molecule has 11 heteroatoms. The van der Waals surface area contributed by atoms with Gasteiger partial charge in [-0.05, 0) is 116 Å². The molecule has 3 saturated carbocycles. The highest BCUT2D eigenvalue weighted by atomic mass is 33.1. The molecule has 3 fully saturated rings. The molecule has 9 bridgehead atoms. The number of rotatable bonds is 5. The summed E-state index contributed by atoms with van der Waals surface area (Å²) in [7, 11) is 8.11. The van der Waals surface area contributed by atoms with Crippen molar-refractivity contribution < 1.29 is 20.1 Å². The Balaban J connectivity index is 1.29. The van der Waals surface area contributed by atoms with E-state index < -0.39 is 0 Å². The standard InChI is InChI=1S/C41H59N3O4S4/c1-38-11-13-49-52-39(9-3-2-4-10-39)41-19-27(15-33-35-18-31(38)17-30(23-47)34(6-5-12-45)40(35,38)20-36(33)48)25-51-50-24-26-7-8-28(22-46)29(14-26)16-32(41)21-43-37(42)44-41/h7-8,14,27,30-32,34,45-47H,2-6,9-13,15-25H2,1H3,(H3,42,43,44)/t27-,30+,31-,32-,34-,38+,40+,41-/m1/s1. The summed E-state index contributed by atoms with van der Waals surface area (Å²) in [6, 6.07) is 6.66. The fraction of sp³-hybridized carbons (Fsp3) is 0.756. The van der Waals surface area contributed by atoms with Gasteiger partial charge in [0.2, 0.25) is 0 Å². The summed E-state index contributed by atoms with van der Waals surface area (Å²) >= 11 is 0. The van der Waals surface area contributed by atoms with E-state index in [9.17, 15) is 20.1 Å². The molecule has 52 heavy (non-hydrogen) atoms. The maximum atomic E-state index is 14.7. The van der Waals surface area contributed by atoms with E-state index in [1.807, 2.05) is 21.6 Å². The van der Waals surface area contributed by atoms with Gasteiger partial charge in [0, 0.05) is 59.5 Å². The predicted octanol–water partition coefficient (Wildman–Crippen LogP) is 7.46. The van der Waals surface area contributed by atoms with Crippen molar-refractivity contribution in [1.29, 1.82) is 0 Å². The number of carbonyl (C=O) groups excluding carboxylic acids is 1. The van der Waals surface area contributed by atoms with Crippen molar-refractivity contribution in [1.82, 2.24) is 5.32 Å². The third-order valence-corrected chi connectivity index (χ3v) is 21.2. The Morgan fingerprint density at radius 3 is 2.65 bits per heavy atom. The molecule has 8 atom stereocenters. The fourth-order valence-corrected chi connectivity index (χ4v) is 19.2. The van der Waals surface area contributed by atoms with Gasteiger partial charge in [0.15, 0.2) is 11.7 Å². The number of carbonyl (C=O) groups is 1. The number of Topliss-reactive ketones (excluding diaryl/α,β-unsaturated/α-hetero) is 1. The Kier molecular flexibility index (Phi) is 11.2. The Morgan fingerprint density at radius 1 is 1.02 bits per heavy atom. The van der Waals surface area contributed by atoms with Gasteiger partial charge >= 0.3 is 0 Å². The lowest BCUT2D eigenvalue weighted by atomic mass is 9.47. The molecule has 0 saturated heterocycles. The summed E-state index contributed by atoms with van der Waals surface area (Å²) in [4.78, 5) is 19.7. The molecule has 1 aromatic carbocycles. The van der Waals surface area contributed by atoms with Crippen LogP contribution in [0.25, 0.3) is 0 Å². The Morgan fingerprint density at radius 2 is 1.87 bits per heavy atom. The van der Waals surface area contributed by atoms with E-state index in [0.717, 1.165) is 92.6 Å². The smallest absolute Gasteiger partial charge is 0.189 e. The zero-order valence-corrected chi connectivity index (χ0v) is 34.1. The molecule has 7 aliphatic rings. The second-order valence-electron chi connectivity index (χ2n) is 17.5. The monoisotopic (exact) mass is 785 g/mol. The van der Waals surface area contributed by atoms with Gasteiger partial charge in [0.1, 0.15) is 0 Å². The number of aliphatic hydroxyl groups is 3. The number of aliphatic imine (C=N–C) groups is 1. The average Bonchev–Trinajstić information content (AvgIpc) is 3.47. The van der Waals surface area contributed by atoms with E-state index in [0.29, 0.717) is 30.6 Å². The minimum atomic E-state index is -0.322. The first kappa shape index (κ1) is 38.1. The van der Waals surface area contributed by atoms with Gasteiger partial charge in [0.25, 0.3) is 0 Å². The van der Waals surface area contributed by atoms with Crippen LogP contribution in [0.1, 0.15) is 107 Å². The van der Waals surface area contributed by atoms with Crippen LogP contribution in [-0.4, -0.2) is 68.6 Å². The van der Waals surface area contributed by atoms with E-state index in [2.05, 4.69) is 52.0 Å². The molecular weight excluding hydrogens is 727 g/mol. The first-order chi connectivity index (χ1) is 25.2. The van der Waals surface area contributed by atoms with E-state index in [4.69, 9.17) is 10.7 Å². The normalized spacial score (nSPS) is 38.9. The maximum absolute atomic E-state index is 14.7. The minimum Gasteiger partial charge on any atom is -0.396 e. The fourth-order valence-electron chi connectivity index (χ4n) is 12.9. The molecule has 6 N–H and O–H groups in total. The molecule has 0 unspecified atom stereocenters. The molecule has 3 heterocycles. The van der Waals surface area contributed by atoms with Gasteiger partial charge in [-0.15, -0.1) is 0 Å². The van der Waals surface area contributed by atoms with Gasteiger partial charge in [-0.25, -0.2) is 0 Å². The highest BCUT2D eigenvalue weighted by Crippen LogP contribution is 2.76. The van der Waals surface area contributed by atoms with Gasteiger partial charge < -0.3 is 26.4 Å². The van der Waals surface area contributed by atoms with Gasteiger partial charge in [-0.2, -0.15) is 0 Å². The molecule has 4 aliphatic carbocycles. The highest BCUT2D eigenvalue weighted by Gasteiger charge is 2.70. The SMILES string of the molecule is C[C@]12CCSSC3(CCCCC3)[C@@]34C[C@H](CSSCc5ccc(CO)c(c5)C[C@@H]3CN=C(N)N4)CC3=C4C[C@H]1C[C@@H](CO)[C@@H](CCCO)[C@@]42CC3=O. The number of fused-ring (bicyclic) bond motifs is 3. The quantitative estimate of drug-likeness (QED) is 0.192. The van der Waals surface area contributed by atoms with Crippen molar-refractivity contribution in [2.24, 2.45) is 51.1 Å². The van der Waals surface area contributed by atoms with Gasteiger partial charge in [-0.3, -0.25) is 9.79 Å². The highest BCUT2D eigenvalue weighted by molar-refractivity contribution is 8.77. The number of hydrogen-bond acceptors (Lipinski definition) is 11. The van der Waals surface area contributed by atoms with Crippen molar-refractivity contribution in [3.8, 4) is 0 Å². The number of benzene rings is 1.